The fraction of sp³-hybridized carbons (Fsp3) is 0.500. The SMILES string of the molecule is [CH2]CCc1cccc(OCCCCC(=O)N(C)C)c1. The van der Waals surface area contributed by atoms with E-state index in [0.29, 0.717) is 13.0 Å². The lowest BCUT2D eigenvalue weighted by molar-refractivity contribution is -0.128. The van der Waals surface area contributed by atoms with Gasteiger partial charge in [-0.3, -0.25) is 4.79 Å². The lowest BCUT2D eigenvalue weighted by Gasteiger charge is -2.10. The Kier molecular flexibility index (Phi) is 7.01. The van der Waals surface area contributed by atoms with Crippen molar-refractivity contribution in [2.75, 3.05) is 20.7 Å². The van der Waals surface area contributed by atoms with Gasteiger partial charge < -0.3 is 9.64 Å². The summed E-state index contributed by atoms with van der Waals surface area (Å²) in [6.45, 7) is 4.51. The molecule has 0 aliphatic heterocycles. The van der Waals surface area contributed by atoms with Gasteiger partial charge in [-0.15, -0.1) is 0 Å². The zero-order valence-corrected chi connectivity index (χ0v) is 12.0. The molecule has 19 heavy (non-hydrogen) atoms. The fourth-order valence-electron chi connectivity index (χ4n) is 1.79. The summed E-state index contributed by atoms with van der Waals surface area (Å²) in [5.74, 6) is 1.09. The smallest absolute Gasteiger partial charge is 0.222 e. The Morgan fingerprint density at radius 3 is 2.79 bits per heavy atom. The van der Waals surface area contributed by atoms with E-state index >= 15 is 0 Å². The molecule has 1 amide bonds. The number of nitrogens with zero attached hydrogens (tertiary/aromatic N) is 1. The number of amides is 1. The highest BCUT2D eigenvalue weighted by Gasteiger charge is 2.03. The van der Waals surface area contributed by atoms with Gasteiger partial charge in [0, 0.05) is 20.5 Å². The molecular weight excluding hydrogens is 238 g/mol. The number of hydrogen-bond donors (Lipinski definition) is 0. The first-order valence-electron chi connectivity index (χ1n) is 6.84. The number of carbonyl (C=O) groups is 1. The third kappa shape index (κ3) is 6.27. The Morgan fingerprint density at radius 1 is 1.32 bits per heavy atom. The molecule has 0 aromatic heterocycles. The lowest BCUT2D eigenvalue weighted by Crippen LogP contribution is -2.21. The minimum absolute atomic E-state index is 0.178. The molecule has 0 heterocycles. The second-order valence-electron chi connectivity index (χ2n) is 4.84. The van der Waals surface area contributed by atoms with Gasteiger partial charge in [-0.05, 0) is 43.4 Å². The van der Waals surface area contributed by atoms with Gasteiger partial charge in [0.15, 0.2) is 0 Å². The van der Waals surface area contributed by atoms with Gasteiger partial charge in [-0.1, -0.05) is 19.1 Å². The summed E-state index contributed by atoms with van der Waals surface area (Å²) >= 11 is 0. The van der Waals surface area contributed by atoms with Crippen molar-refractivity contribution in [3.8, 4) is 5.75 Å². The van der Waals surface area contributed by atoms with Gasteiger partial charge >= 0.3 is 0 Å². The van der Waals surface area contributed by atoms with Crippen molar-refractivity contribution >= 4 is 5.91 Å². The molecule has 3 heteroatoms. The number of hydrogen-bond acceptors (Lipinski definition) is 2. The molecule has 0 N–H and O–H groups in total. The molecule has 0 bridgehead atoms. The minimum atomic E-state index is 0.178. The van der Waals surface area contributed by atoms with E-state index in [1.54, 1.807) is 19.0 Å². The van der Waals surface area contributed by atoms with Crippen LogP contribution in [0.4, 0.5) is 0 Å². The van der Waals surface area contributed by atoms with E-state index in [9.17, 15) is 4.79 Å². The van der Waals surface area contributed by atoms with Crippen molar-refractivity contribution in [3.63, 3.8) is 0 Å². The van der Waals surface area contributed by atoms with E-state index in [1.807, 2.05) is 12.1 Å². The van der Waals surface area contributed by atoms with Crippen molar-refractivity contribution < 1.29 is 9.53 Å². The highest BCUT2D eigenvalue weighted by atomic mass is 16.5. The molecule has 0 aliphatic rings. The quantitative estimate of drug-likeness (QED) is 0.674. The molecule has 0 atom stereocenters. The Bertz CT molecular complexity index is 388. The summed E-state index contributed by atoms with van der Waals surface area (Å²) in [6.07, 6.45) is 4.25. The van der Waals surface area contributed by atoms with Gasteiger partial charge in [0.05, 0.1) is 6.61 Å². The number of rotatable bonds is 8. The molecular formula is C16H24NO2. The lowest BCUT2D eigenvalue weighted by atomic mass is 10.1. The molecule has 1 aromatic carbocycles. The molecule has 0 saturated carbocycles. The van der Waals surface area contributed by atoms with Crippen LogP contribution in [0.2, 0.25) is 0 Å². The number of ether oxygens (including phenoxy) is 1. The molecule has 0 unspecified atom stereocenters. The first-order valence-corrected chi connectivity index (χ1v) is 6.84. The summed E-state index contributed by atoms with van der Waals surface area (Å²) in [6, 6.07) is 8.14. The van der Waals surface area contributed by atoms with E-state index < -0.39 is 0 Å². The van der Waals surface area contributed by atoms with Crippen LogP contribution in [0.25, 0.3) is 0 Å². The average Bonchev–Trinajstić information content (AvgIpc) is 2.39. The van der Waals surface area contributed by atoms with E-state index in [1.165, 1.54) is 5.56 Å². The minimum Gasteiger partial charge on any atom is -0.494 e. The number of benzene rings is 1. The van der Waals surface area contributed by atoms with Crippen LogP contribution in [0.15, 0.2) is 24.3 Å². The summed E-state index contributed by atoms with van der Waals surface area (Å²) in [5, 5.41) is 0. The van der Waals surface area contributed by atoms with Crippen LogP contribution in [0.3, 0.4) is 0 Å². The first-order chi connectivity index (χ1) is 9.13. The predicted molar refractivity (Wildman–Crippen MR) is 78.2 cm³/mol. The zero-order chi connectivity index (χ0) is 14.1. The molecule has 0 aliphatic carbocycles. The molecule has 0 spiro atoms. The van der Waals surface area contributed by atoms with Crippen molar-refractivity contribution in [1.82, 2.24) is 4.90 Å². The van der Waals surface area contributed by atoms with Crippen LogP contribution < -0.4 is 4.74 Å². The molecule has 3 nitrogen and oxygen atoms in total. The second kappa shape index (κ2) is 8.57. The summed E-state index contributed by atoms with van der Waals surface area (Å²) < 4.78 is 5.69. The number of carbonyl (C=O) groups excluding carboxylic acids is 1. The number of unbranched alkanes of at least 4 members (excludes halogenated alkanes) is 1. The maximum Gasteiger partial charge on any atom is 0.222 e. The Labute approximate surface area is 116 Å². The molecule has 1 radical (unpaired) electrons. The first kappa shape index (κ1) is 15.5. The average molecular weight is 262 g/mol. The van der Waals surface area contributed by atoms with Crippen molar-refractivity contribution in [3.05, 3.63) is 36.8 Å². The monoisotopic (exact) mass is 262 g/mol. The van der Waals surface area contributed by atoms with Crippen molar-refractivity contribution in [2.45, 2.75) is 32.1 Å². The Balaban J connectivity index is 2.22. The van der Waals surface area contributed by atoms with E-state index in [-0.39, 0.29) is 5.91 Å². The maximum absolute atomic E-state index is 11.4. The summed E-state index contributed by atoms with van der Waals surface area (Å²) in [4.78, 5) is 13.0. The Morgan fingerprint density at radius 2 is 2.11 bits per heavy atom. The highest BCUT2D eigenvalue weighted by Crippen LogP contribution is 2.15. The third-order valence-electron chi connectivity index (χ3n) is 2.92. The van der Waals surface area contributed by atoms with Gasteiger partial charge in [-0.25, -0.2) is 0 Å². The summed E-state index contributed by atoms with van der Waals surface area (Å²) in [7, 11) is 3.57. The van der Waals surface area contributed by atoms with E-state index in [4.69, 9.17) is 4.74 Å². The van der Waals surface area contributed by atoms with Crippen LogP contribution in [0.5, 0.6) is 5.75 Å². The van der Waals surface area contributed by atoms with Gasteiger partial charge in [0.25, 0.3) is 0 Å². The predicted octanol–water partition coefficient (Wildman–Crippen LogP) is 3.09. The van der Waals surface area contributed by atoms with Crippen LogP contribution in [0, 0.1) is 6.92 Å². The normalized spacial score (nSPS) is 10.3. The van der Waals surface area contributed by atoms with Crippen LogP contribution in [-0.2, 0) is 11.2 Å². The standard InChI is InChI=1S/C16H24NO2/c1-4-8-14-9-7-10-15(13-14)19-12-6-5-11-16(18)17(2)3/h7,9-10,13H,1,4-6,8,11-12H2,2-3H3. The summed E-state index contributed by atoms with van der Waals surface area (Å²) in [5.41, 5.74) is 1.26. The highest BCUT2D eigenvalue weighted by molar-refractivity contribution is 5.75. The van der Waals surface area contributed by atoms with E-state index in [2.05, 4.69) is 19.1 Å². The molecule has 0 saturated heterocycles. The van der Waals surface area contributed by atoms with Crippen LogP contribution in [0.1, 0.15) is 31.2 Å². The largest absolute Gasteiger partial charge is 0.494 e. The topological polar surface area (TPSA) is 29.5 Å². The van der Waals surface area contributed by atoms with Crippen molar-refractivity contribution in [2.24, 2.45) is 0 Å². The third-order valence-corrected chi connectivity index (χ3v) is 2.92. The molecule has 105 valence electrons. The van der Waals surface area contributed by atoms with Crippen LogP contribution >= 0.6 is 0 Å². The van der Waals surface area contributed by atoms with E-state index in [0.717, 1.165) is 31.4 Å². The molecule has 1 aromatic rings. The van der Waals surface area contributed by atoms with Gasteiger partial charge in [-0.2, -0.15) is 0 Å². The molecule has 0 fully saturated rings. The van der Waals surface area contributed by atoms with Crippen LogP contribution in [-0.4, -0.2) is 31.5 Å². The van der Waals surface area contributed by atoms with Crippen molar-refractivity contribution in [1.29, 1.82) is 0 Å². The molecule has 1 rings (SSSR count). The van der Waals surface area contributed by atoms with Gasteiger partial charge in [0.2, 0.25) is 5.91 Å². The Hall–Kier alpha value is -1.51. The second-order valence-corrected chi connectivity index (χ2v) is 4.84. The van der Waals surface area contributed by atoms with Gasteiger partial charge in [0.1, 0.15) is 5.75 Å². The zero-order valence-electron chi connectivity index (χ0n) is 12.0. The number of aryl methyl sites for hydroxylation is 1. The maximum atomic E-state index is 11.4. The fourth-order valence-corrected chi connectivity index (χ4v) is 1.79.